The van der Waals surface area contributed by atoms with E-state index >= 15 is 0 Å². The highest BCUT2D eigenvalue weighted by atomic mass is 35.5. The molecule has 0 unspecified atom stereocenters. The zero-order valence-corrected chi connectivity index (χ0v) is 11.2. The summed E-state index contributed by atoms with van der Waals surface area (Å²) in [6, 6.07) is 11.3. The Labute approximate surface area is 110 Å². The third kappa shape index (κ3) is 3.85. The van der Waals surface area contributed by atoms with Crippen LogP contribution in [0.25, 0.3) is 0 Å². The first-order valence-corrected chi connectivity index (χ1v) is 5.36. The van der Waals surface area contributed by atoms with E-state index in [1.807, 2.05) is 0 Å². The monoisotopic (exact) mass is 262 g/mol. The fourth-order valence-electron chi connectivity index (χ4n) is 2.07. The first-order valence-electron chi connectivity index (χ1n) is 5.36. The molecule has 4 heteroatoms. The molecule has 1 heterocycles. The van der Waals surface area contributed by atoms with Crippen molar-refractivity contribution < 1.29 is 0 Å². The Balaban J connectivity index is 0.00000112. The molecule has 1 N–H and O–H groups in total. The molecule has 0 radical (unpaired) electrons. The molecule has 1 aromatic rings. The molecule has 1 fully saturated rings. The molecule has 2 nitrogen and oxygen atoms in total. The Morgan fingerprint density at radius 1 is 1.06 bits per heavy atom. The quantitative estimate of drug-likeness (QED) is 0.882. The lowest BCUT2D eigenvalue weighted by atomic mass is 10.0. The van der Waals surface area contributed by atoms with Crippen LogP contribution in [0.5, 0.6) is 0 Å². The van der Waals surface area contributed by atoms with Crippen LogP contribution in [0.3, 0.4) is 0 Å². The van der Waals surface area contributed by atoms with Crippen molar-refractivity contribution in [1.29, 1.82) is 0 Å². The third-order valence-corrected chi connectivity index (χ3v) is 3.02. The zero-order chi connectivity index (χ0) is 9.80. The number of nitrogens with one attached hydrogen (secondary N) is 1. The molecule has 2 rings (SSSR count). The number of rotatable bonds is 2. The van der Waals surface area contributed by atoms with Gasteiger partial charge in [-0.1, -0.05) is 18.2 Å². The second-order valence-corrected chi connectivity index (χ2v) is 3.93. The highest BCUT2D eigenvalue weighted by Crippen LogP contribution is 2.18. The van der Waals surface area contributed by atoms with Gasteiger partial charge in [0.25, 0.3) is 0 Å². The van der Waals surface area contributed by atoms with Gasteiger partial charge in [0.05, 0.1) is 0 Å². The summed E-state index contributed by atoms with van der Waals surface area (Å²) in [5.41, 5.74) is 1.33. The molecular formula is C12H20Cl2N2. The predicted octanol–water partition coefficient (Wildman–Crippen LogP) is 2.72. The van der Waals surface area contributed by atoms with Crippen LogP contribution < -0.4 is 10.2 Å². The van der Waals surface area contributed by atoms with Crippen molar-refractivity contribution >= 4 is 30.5 Å². The van der Waals surface area contributed by atoms with Gasteiger partial charge in [0.2, 0.25) is 0 Å². The number of piperidine rings is 1. The number of nitrogens with zero attached hydrogens (tertiary/aromatic N) is 1. The molecule has 0 aromatic heterocycles. The summed E-state index contributed by atoms with van der Waals surface area (Å²) in [4.78, 5) is 2.40. The molecule has 0 aliphatic carbocycles. The Hall–Kier alpha value is -0.440. The number of hydrogen-bond donors (Lipinski definition) is 1. The summed E-state index contributed by atoms with van der Waals surface area (Å²) < 4.78 is 0. The van der Waals surface area contributed by atoms with E-state index in [4.69, 9.17) is 0 Å². The Morgan fingerprint density at radius 2 is 1.62 bits per heavy atom. The van der Waals surface area contributed by atoms with E-state index < -0.39 is 0 Å². The summed E-state index contributed by atoms with van der Waals surface area (Å²) in [5.74, 6) is 0. The average Bonchev–Trinajstić information content (AvgIpc) is 2.30. The highest BCUT2D eigenvalue weighted by Gasteiger charge is 2.17. The fraction of sp³-hybridized carbons (Fsp3) is 0.500. The van der Waals surface area contributed by atoms with Crippen LogP contribution in [-0.4, -0.2) is 26.2 Å². The van der Waals surface area contributed by atoms with Gasteiger partial charge in [-0.05, 0) is 38.1 Å². The van der Waals surface area contributed by atoms with Crippen LogP contribution in [0.15, 0.2) is 30.3 Å². The minimum Gasteiger partial charge on any atom is -0.372 e. The van der Waals surface area contributed by atoms with Gasteiger partial charge >= 0.3 is 0 Å². The standard InChI is InChI=1S/C12H18N2.2ClH/c1-14(11-5-3-2-4-6-11)12-7-9-13-10-8-12;;/h2-6,12-13H,7-10H2,1H3;2*1H. The van der Waals surface area contributed by atoms with E-state index in [1.165, 1.54) is 18.5 Å². The van der Waals surface area contributed by atoms with Gasteiger partial charge in [-0.25, -0.2) is 0 Å². The molecule has 0 bridgehead atoms. The van der Waals surface area contributed by atoms with Crippen molar-refractivity contribution in [3.05, 3.63) is 30.3 Å². The normalized spacial score (nSPS) is 15.8. The van der Waals surface area contributed by atoms with E-state index in [-0.39, 0.29) is 24.8 Å². The maximum atomic E-state index is 3.39. The van der Waals surface area contributed by atoms with E-state index in [9.17, 15) is 0 Å². The van der Waals surface area contributed by atoms with E-state index in [0.29, 0.717) is 6.04 Å². The second kappa shape index (κ2) is 7.77. The van der Waals surface area contributed by atoms with Gasteiger partial charge in [0, 0.05) is 18.8 Å². The number of hydrogen-bond acceptors (Lipinski definition) is 2. The van der Waals surface area contributed by atoms with Crippen molar-refractivity contribution in [2.45, 2.75) is 18.9 Å². The van der Waals surface area contributed by atoms with Gasteiger partial charge in [0.15, 0.2) is 0 Å². The van der Waals surface area contributed by atoms with Crippen molar-refractivity contribution in [2.24, 2.45) is 0 Å². The van der Waals surface area contributed by atoms with Crippen LogP contribution in [0, 0.1) is 0 Å². The third-order valence-electron chi connectivity index (χ3n) is 3.02. The summed E-state index contributed by atoms with van der Waals surface area (Å²) in [5, 5.41) is 3.39. The van der Waals surface area contributed by atoms with Crippen LogP contribution in [-0.2, 0) is 0 Å². The van der Waals surface area contributed by atoms with Crippen LogP contribution in [0.1, 0.15) is 12.8 Å². The lowest BCUT2D eigenvalue weighted by Crippen LogP contribution is -2.41. The van der Waals surface area contributed by atoms with Gasteiger partial charge in [0.1, 0.15) is 0 Å². The maximum absolute atomic E-state index is 3.39. The lowest BCUT2D eigenvalue weighted by molar-refractivity contribution is 0.443. The van der Waals surface area contributed by atoms with Crippen LogP contribution >= 0.6 is 24.8 Å². The predicted molar refractivity (Wildman–Crippen MR) is 75.2 cm³/mol. The van der Waals surface area contributed by atoms with E-state index in [1.54, 1.807) is 0 Å². The number of anilines is 1. The molecule has 0 amide bonds. The summed E-state index contributed by atoms with van der Waals surface area (Å²) in [6.07, 6.45) is 2.51. The first-order chi connectivity index (χ1) is 6.88. The number of halogens is 2. The molecule has 1 aliphatic heterocycles. The fourth-order valence-corrected chi connectivity index (χ4v) is 2.07. The van der Waals surface area contributed by atoms with E-state index in [2.05, 4.69) is 47.6 Å². The SMILES string of the molecule is CN(c1ccccc1)C1CCNCC1.Cl.Cl. The largest absolute Gasteiger partial charge is 0.372 e. The molecule has 0 spiro atoms. The molecule has 16 heavy (non-hydrogen) atoms. The number of para-hydroxylation sites is 1. The molecule has 1 saturated heterocycles. The lowest BCUT2D eigenvalue weighted by Gasteiger charge is -2.33. The zero-order valence-electron chi connectivity index (χ0n) is 9.56. The Kier molecular flexibility index (Phi) is 7.56. The van der Waals surface area contributed by atoms with Gasteiger partial charge in [-0.2, -0.15) is 0 Å². The van der Waals surface area contributed by atoms with Crippen molar-refractivity contribution in [3.63, 3.8) is 0 Å². The van der Waals surface area contributed by atoms with Crippen molar-refractivity contribution in [1.82, 2.24) is 5.32 Å². The van der Waals surface area contributed by atoms with Gasteiger partial charge in [-0.15, -0.1) is 24.8 Å². The Morgan fingerprint density at radius 3 is 2.19 bits per heavy atom. The second-order valence-electron chi connectivity index (χ2n) is 3.93. The summed E-state index contributed by atoms with van der Waals surface area (Å²) in [7, 11) is 2.20. The topological polar surface area (TPSA) is 15.3 Å². The molecule has 1 aromatic carbocycles. The maximum Gasteiger partial charge on any atom is 0.0366 e. The van der Waals surface area contributed by atoms with Crippen LogP contribution in [0.4, 0.5) is 5.69 Å². The van der Waals surface area contributed by atoms with Crippen molar-refractivity contribution in [3.8, 4) is 0 Å². The number of benzene rings is 1. The minimum absolute atomic E-state index is 0. The molecule has 1 aliphatic rings. The average molecular weight is 263 g/mol. The molecule has 0 saturated carbocycles. The van der Waals surface area contributed by atoms with E-state index in [0.717, 1.165) is 13.1 Å². The highest BCUT2D eigenvalue weighted by molar-refractivity contribution is 5.85. The molecule has 92 valence electrons. The smallest absolute Gasteiger partial charge is 0.0366 e. The Bertz CT molecular complexity index is 274. The molecule has 0 atom stereocenters. The summed E-state index contributed by atoms with van der Waals surface area (Å²) in [6.45, 7) is 2.31. The summed E-state index contributed by atoms with van der Waals surface area (Å²) >= 11 is 0. The molecular weight excluding hydrogens is 243 g/mol. The van der Waals surface area contributed by atoms with Crippen LogP contribution in [0.2, 0.25) is 0 Å². The van der Waals surface area contributed by atoms with Gasteiger partial charge < -0.3 is 10.2 Å². The first kappa shape index (κ1) is 15.6. The minimum atomic E-state index is 0. The van der Waals surface area contributed by atoms with Gasteiger partial charge in [-0.3, -0.25) is 0 Å². The van der Waals surface area contributed by atoms with Crippen molar-refractivity contribution in [2.75, 3.05) is 25.0 Å².